The first-order chi connectivity index (χ1) is 13.9. The van der Waals surface area contributed by atoms with E-state index >= 15 is 0 Å². The van der Waals surface area contributed by atoms with Gasteiger partial charge in [-0.3, -0.25) is 4.98 Å². The van der Waals surface area contributed by atoms with E-state index in [1.807, 2.05) is 6.07 Å². The van der Waals surface area contributed by atoms with Crippen molar-refractivity contribution in [2.75, 3.05) is 26.9 Å². The van der Waals surface area contributed by atoms with Crippen molar-refractivity contribution in [2.24, 2.45) is 0 Å². The van der Waals surface area contributed by atoms with Gasteiger partial charge in [-0.15, -0.1) is 0 Å². The molecule has 0 spiro atoms. The molecule has 0 saturated carbocycles. The topological polar surface area (TPSA) is 53.5 Å². The van der Waals surface area contributed by atoms with Crippen LogP contribution in [-0.2, 0) is 15.7 Å². The third-order valence-electron chi connectivity index (χ3n) is 5.10. The van der Waals surface area contributed by atoms with Crippen LogP contribution in [0, 0.1) is 0 Å². The number of halogens is 3. The van der Waals surface area contributed by atoms with Crippen LogP contribution >= 0.6 is 0 Å². The fourth-order valence-electron chi connectivity index (χ4n) is 3.33. The number of nitrogens with zero attached hydrogens (tertiary/aromatic N) is 2. The van der Waals surface area contributed by atoms with Crippen molar-refractivity contribution in [3.05, 3.63) is 54.4 Å². The molecule has 3 heterocycles. The van der Waals surface area contributed by atoms with Crippen molar-refractivity contribution in [2.45, 2.75) is 18.2 Å². The van der Waals surface area contributed by atoms with Crippen molar-refractivity contribution in [1.29, 1.82) is 0 Å². The summed E-state index contributed by atoms with van der Waals surface area (Å²) in [5.41, 5.74) is 0.620. The zero-order chi connectivity index (χ0) is 20.5. The summed E-state index contributed by atoms with van der Waals surface area (Å²) in [6, 6.07) is 8.53. The number of alkyl halides is 3. The van der Waals surface area contributed by atoms with Crippen LogP contribution in [-0.4, -0.2) is 42.5 Å². The molecule has 154 valence electrons. The Morgan fingerprint density at radius 3 is 2.57 bits per heavy atom. The van der Waals surface area contributed by atoms with Gasteiger partial charge in [0.25, 0.3) is 0 Å². The Labute approximate surface area is 195 Å². The van der Waals surface area contributed by atoms with Crippen LogP contribution < -0.4 is 34.3 Å². The molecule has 2 aromatic heterocycles. The molecule has 0 bridgehead atoms. The van der Waals surface area contributed by atoms with Crippen LogP contribution in [0.25, 0.3) is 22.0 Å². The Hall–Kier alpha value is -1.71. The molecule has 0 amide bonds. The molecule has 5 nitrogen and oxygen atoms in total. The molecule has 9 heteroatoms. The number of ether oxygens (including phenoxy) is 3. The average molecular weight is 428 g/mol. The molecule has 1 fully saturated rings. The van der Waals surface area contributed by atoms with Crippen molar-refractivity contribution in [3.63, 3.8) is 0 Å². The molecule has 1 aliphatic heterocycles. The third kappa shape index (κ3) is 4.63. The first-order valence-electron chi connectivity index (χ1n) is 9.09. The van der Waals surface area contributed by atoms with Crippen molar-refractivity contribution in [3.8, 4) is 17.0 Å². The van der Waals surface area contributed by atoms with Crippen LogP contribution in [0.15, 0.2) is 48.8 Å². The second-order valence-corrected chi connectivity index (χ2v) is 6.93. The Morgan fingerprint density at radius 2 is 1.93 bits per heavy atom. The zero-order valence-corrected chi connectivity index (χ0v) is 18.7. The standard InChI is InChI=1S/C21H19F3N2O3.Na.H/c1-27-20(8-10-28-12-20)13-29-19-16-3-2-9-25-18(16)17(11-26-19)14-4-6-15(7-5-14)21(22,23)24;;/h2-7,9,11H,8,10,12-13H2,1H3;;/q;+1;-1. The van der Waals surface area contributed by atoms with Crippen molar-refractivity contribution < 1.29 is 58.4 Å². The summed E-state index contributed by atoms with van der Waals surface area (Å²) in [5.74, 6) is 0.395. The molecule has 1 atom stereocenters. The fraction of sp³-hybridized carbons (Fsp3) is 0.333. The SMILES string of the molecule is COC1(COc2ncc(-c3ccc(C(F)(F)F)cc3)c3ncccc23)CCOC1.[H-].[Na+]. The molecule has 1 aromatic carbocycles. The first kappa shape index (κ1) is 23.0. The van der Waals surface area contributed by atoms with Crippen LogP contribution in [0.4, 0.5) is 13.2 Å². The number of hydrogen-bond acceptors (Lipinski definition) is 5. The summed E-state index contributed by atoms with van der Waals surface area (Å²) in [4.78, 5) is 8.81. The van der Waals surface area contributed by atoms with E-state index in [0.29, 0.717) is 41.1 Å². The van der Waals surface area contributed by atoms with Crippen LogP contribution in [0.3, 0.4) is 0 Å². The quantitative estimate of drug-likeness (QED) is 0.579. The maximum absolute atomic E-state index is 12.8. The van der Waals surface area contributed by atoms with E-state index in [0.717, 1.165) is 18.6 Å². The van der Waals surface area contributed by atoms with E-state index < -0.39 is 17.3 Å². The molecule has 0 radical (unpaired) electrons. The minimum atomic E-state index is -4.38. The number of hydrogen-bond donors (Lipinski definition) is 0. The smallest absolute Gasteiger partial charge is 1.00 e. The number of rotatable bonds is 5. The molecular weight excluding hydrogens is 408 g/mol. The van der Waals surface area contributed by atoms with Gasteiger partial charge < -0.3 is 15.6 Å². The Morgan fingerprint density at radius 1 is 1.17 bits per heavy atom. The van der Waals surface area contributed by atoms with Gasteiger partial charge >= 0.3 is 35.7 Å². The summed E-state index contributed by atoms with van der Waals surface area (Å²) < 4.78 is 55.5. The van der Waals surface area contributed by atoms with E-state index in [4.69, 9.17) is 14.2 Å². The molecule has 1 unspecified atom stereocenters. The second-order valence-electron chi connectivity index (χ2n) is 6.93. The molecule has 0 N–H and O–H groups in total. The number of methoxy groups -OCH3 is 1. The van der Waals surface area contributed by atoms with Gasteiger partial charge in [-0.2, -0.15) is 13.2 Å². The predicted molar refractivity (Wildman–Crippen MR) is 102 cm³/mol. The molecular formula is C21H20F3N2NaO3. The average Bonchev–Trinajstić information content (AvgIpc) is 3.21. The molecule has 4 rings (SSSR count). The van der Waals surface area contributed by atoms with Gasteiger partial charge in [0.15, 0.2) is 0 Å². The van der Waals surface area contributed by atoms with Gasteiger partial charge in [-0.1, -0.05) is 12.1 Å². The fourth-order valence-corrected chi connectivity index (χ4v) is 3.33. The first-order valence-corrected chi connectivity index (χ1v) is 9.09. The minimum absolute atomic E-state index is 0. The number of pyridine rings is 2. The summed E-state index contributed by atoms with van der Waals surface area (Å²) in [6.07, 6.45) is -0.460. The molecule has 1 aliphatic rings. The largest absolute Gasteiger partial charge is 1.00 e. The number of benzene rings is 1. The van der Waals surface area contributed by atoms with E-state index in [2.05, 4.69) is 9.97 Å². The Balaban J connectivity index is 0.00000171. The van der Waals surface area contributed by atoms with Crippen LogP contribution in [0.1, 0.15) is 13.4 Å². The van der Waals surface area contributed by atoms with E-state index in [1.54, 1.807) is 25.6 Å². The minimum Gasteiger partial charge on any atom is -1.00 e. The van der Waals surface area contributed by atoms with Crippen LogP contribution in [0.5, 0.6) is 5.88 Å². The van der Waals surface area contributed by atoms with Gasteiger partial charge in [0.2, 0.25) is 5.88 Å². The van der Waals surface area contributed by atoms with Gasteiger partial charge in [0.1, 0.15) is 12.2 Å². The number of aromatic nitrogens is 2. The van der Waals surface area contributed by atoms with Gasteiger partial charge in [-0.05, 0) is 29.8 Å². The monoisotopic (exact) mass is 428 g/mol. The maximum Gasteiger partial charge on any atom is 1.00 e. The molecule has 1 saturated heterocycles. The number of fused-ring (bicyclic) bond motifs is 1. The van der Waals surface area contributed by atoms with Crippen molar-refractivity contribution in [1.82, 2.24) is 9.97 Å². The second kappa shape index (κ2) is 9.20. The predicted octanol–water partition coefficient (Wildman–Crippen LogP) is 1.62. The maximum atomic E-state index is 12.8. The zero-order valence-electron chi connectivity index (χ0n) is 17.7. The Kier molecular flexibility index (Phi) is 7.04. The third-order valence-corrected chi connectivity index (χ3v) is 5.10. The summed E-state index contributed by atoms with van der Waals surface area (Å²) in [7, 11) is 1.62. The van der Waals surface area contributed by atoms with Gasteiger partial charge in [0, 0.05) is 38.1 Å². The van der Waals surface area contributed by atoms with E-state index in [-0.39, 0.29) is 37.6 Å². The van der Waals surface area contributed by atoms with Gasteiger partial charge in [-0.25, -0.2) is 4.98 Å². The Bertz CT molecular complexity index is 1010. The van der Waals surface area contributed by atoms with E-state index in [1.165, 1.54) is 12.1 Å². The summed E-state index contributed by atoms with van der Waals surface area (Å²) >= 11 is 0. The van der Waals surface area contributed by atoms with E-state index in [9.17, 15) is 13.2 Å². The normalized spacial score (nSPS) is 18.9. The van der Waals surface area contributed by atoms with Crippen LogP contribution in [0.2, 0.25) is 0 Å². The summed E-state index contributed by atoms with van der Waals surface area (Å²) in [5, 5.41) is 0.676. The molecule has 3 aromatic rings. The summed E-state index contributed by atoms with van der Waals surface area (Å²) in [6.45, 7) is 1.34. The molecule has 30 heavy (non-hydrogen) atoms. The van der Waals surface area contributed by atoms with Crippen molar-refractivity contribution >= 4 is 10.9 Å². The van der Waals surface area contributed by atoms with Gasteiger partial charge in [0.05, 0.1) is 23.1 Å². The molecule has 0 aliphatic carbocycles.